The average molecular weight is 291 g/mol. The number of nitrogens with zero attached hydrogens (tertiary/aromatic N) is 3. The van der Waals surface area contributed by atoms with Gasteiger partial charge in [0, 0.05) is 10.6 Å². The monoisotopic (exact) mass is 291 g/mol. The first-order chi connectivity index (χ1) is 9.76. The van der Waals surface area contributed by atoms with E-state index in [9.17, 15) is 4.79 Å². The molecule has 0 aliphatic carbocycles. The Labute approximate surface area is 122 Å². The van der Waals surface area contributed by atoms with Crippen LogP contribution in [0.25, 0.3) is 0 Å². The van der Waals surface area contributed by atoms with Crippen LogP contribution in [0.4, 0.5) is 0 Å². The van der Waals surface area contributed by atoms with Crippen LogP contribution in [0.2, 0.25) is 0 Å². The molecule has 1 aromatic heterocycles. The minimum absolute atomic E-state index is 0.319. The van der Waals surface area contributed by atoms with Crippen LogP contribution in [0.5, 0.6) is 0 Å². The summed E-state index contributed by atoms with van der Waals surface area (Å²) >= 11 is 1.75. The van der Waals surface area contributed by atoms with Crippen molar-refractivity contribution in [2.45, 2.75) is 24.8 Å². The molecule has 0 saturated heterocycles. The van der Waals surface area contributed by atoms with Crippen molar-refractivity contribution in [2.24, 2.45) is 0 Å². The largest absolute Gasteiger partial charge is 0.464 e. The lowest BCUT2D eigenvalue weighted by atomic mass is 10.2. The maximum absolute atomic E-state index is 11.6. The fourth-order valence-electron chi connectivity index (χ4n) is 1.88. The summed E-state index contributed by atoms with van der Waals surface area (Å²) in [5.74, 6) is 0.449. The standard InChI is InChI=1S/C14H17N3O2S/c1-3-12-13(14(18)19-2)15-16-17(12)9-10-20-11-7-5-4-6-8-11/h4-8H,3,9-10H2,1-2H3. The highest BCUT2D eigenvalue weighted by molar-refractivity contribution is 7.99. The van der Waals surface area contributed by atoms with Crippen molar-refractivity contribution >= 4 is 17.7 Å². The summed E-state index contributed by atoms with van der Waals surface area (Å²) < 4.78 is 6.49. The minimum atomic E-state index is -0.427. The number of ether oxygens (including phenoxy) is 1. The summed E-state index contributed by atoms with van der Waals surface area (Å²) in [5.41, 5.74) is 1.14. The Kier molecular flexibility index (Phi) is 5.17. The number of aromatic nitrogens is 3. The molecule has 0 fully saturated rings. The van der Waals surface area contributed by atoms with Gasteiger partial charge in [0.1, 0.15) is 0 Å². The summed E-state index contributed by atoms with van der Waals surface area (Å²) in [6.45, 7) is 2.69. The van der Waals surface area contributed by atoms with Crippen molar-refractivity contribution in [3.63, 3.8) is 0 Å². The van der Waals surface area contributed by atoms with Crippen molar-refractivity contribution in [3.05, 3.63) is 41.7 Å². The molecule has 0 saturated carbocycles. The molecule has 0 radical (unpaired) electrons. The molecule has 0 aliphatic heterocycles. The van der Waals surface area contributed by atoms with Crippen LogP contribution in [0.3, 0.4) is 0 Å². The Morgan fingerprint density at radius 3 is 2.75 bits per heavy atom. The number of aryl methyl sites for hydroxylation is 1. The fraction of sp³-hybridized carbons (Fsp3) is 0.357. The number of esters is 1. The van der Waals surface area contributed by atoms with E-state index in [1.165, 1.54) is 12.0 Å². The second-order valence-electron chi connectivity index (χ2n) is 4.11. The van der Waals surface area contributed by atoms with E-state index in [2.05, 4.69) is 22.4 Å². The average Bonchev–Trinajstić information content (AvgIpc) is 2.90. The smallest absolute Gasteiger partial charge is 0.360 e. The van der Waals surface area contributed by atoms with Crippen LogP contribution in [-0.4, -0.2) is 33.8 Å². The third kappa shape index (κ3) is 3.39. The third-order valence-corrected chi connectivity index (χ3v) is 3.86. The number of benzene rings is 1. The van der Waals surface area contributed by atoms with Gasteiger partial charge < -0.3 is 4.74 Å². The number of hydrogen-bond donors (Lipinski definition) is 0. The van der Waals surface area contributed by atoms with Gasteiger partial charge in [0.2, 0.25) is 0 Å². The first kappa shape index (κ1) is 14.6. The number of rotatable bonds is 6. The Morgan fingerprint density at radius 2 is 2.10 bits per heavy atom. The van der Waals surface area contributed by atoms with Crippen LogP contribution >= 0.6 is 11.8 Å². The van der Waals surface area contributed by atoms with Gasteiger partial charge in [0.25, 0.3) is 0 Å². The van der Waals surface area contributed by atoms with Crippen molar-refractivity contribution in [2.75, 3.05) is 12.9 Å². The first-order valence-electron chi connectivity index (χ1n) is 6.44. The van der Waals surface area contributed by atoms with E-state index < -0.39 is 5.97 Å². The van der Waals surface area contributed by atoms with Gasteiger partial charge in [0.15, 0.2) is 5.69 Å². The van der Waals surface area contributed by atoms with Gasteiger partial charge in [-0.3, -0.25) is 0 Å². The Bertz CT molecular complexity index is 569. The molecular weight excluding hydrogens is 274 g/mol. The number of thioether (sulfide) groups is 1. The Balaban J connectivity index is 1.99. The quantitative estimate of drug-likeness (QED) is 0.604. The molecular formula is C14H17N3O2S. The molecule has 20 heavy (non-hydrogen) atoms. The van der Waals surface area contributed by atoms with Gasteiger partial charge >= 0.3 is 5.97 Å². The molecule has 0 unspecified atom stereocenters. The maximum Gasteiger partial charge on any atom is 0.360 e. The van der Waals surface area contributed by atoms with Crippen molar-refractivity contribution < 1.29 is 9.53 Å². The Morgan fingerprint density at radius 1 is 1.35 bits per heavy atom. The number of hydrogen-bond acceptors (Lipinski definition) is 5. The van der Waals surface area contributed by atoms with Gasteiger partial charge in [-0.1, -0.05) is 30.3 Å². The van der Waals surface area contributed by atoms with E-state index in [0.717, 1.165) is 11.4 Å². The molecule has 0 aliphatic rings. The molecule has 2 rings (SSSR count). The van der Waals surface area contributed by atoms with Gasteiger partial charge in [-0.25, -0.2) is 9.48 Å². The summed E-state index contributed by atoms with van der Waals surface area (Å²) in [5, 5.41) is 7.95. The van der Waals surface area contributed by atoms with Crippen LogP contribution in [0.1, 0.15) is 23.1 Å². The van der Waals surface area contributed by atoms with Crippen LogP contribution in [0, 0.1) is 0 Å². The van der Waals surface area contributed by atoms with Crippen molar-refractivity contribution in [1.29, 1.82) is 0 Å². The Hall–Kier alpha value is -1.82. The number of carbonyl (C=O) groups is 1. The topological polar surface area (TPSA) is 57.0 Å². The molecule has 0 bridgehead atoms. The van der Waals surface area contributed by atoms with Gasteiger partial charge in [-0.15, -0.1) is 16.9 Å². The van der Waals surface area contributed by atoms with E-state index in [-0.39, 0.29) is 0 Å². The first-order valence-corrected chi connectivity index (χ1v) is 7.43. The van der Waals surface area contributed by atoms with Gasteiger partial charge in [-0.05, 0) is 18.6 Å². The highest BCUT2D eigenvalue weighted by atomic mass is 32.2. The van der Waals surface area contributed by atoms with Crippen molar-refractivity contribution in [3.8, 4) is 0 Å². The van der Waals surface area contributed by atoms with E-state index in [1.54, 1.807) is 16.4 Å². The molecule has 5 nitrogen and oxygen atoms in total. The molecule has 0 atom stereocenters. The predicted molar refractivity (Wildman–Crippen MR) is 77.9 cm³/mol. The molecule has 1 heterocycles. The lowest BCUT2D eigenvalue weighted by molar-refractivity contribution is 0.0592. The molecule has 2 aromatic rings. The normalized spacial score (nSPS) is 10.5. The predicted octanol–water partition coefficient (Wildman–Crippen LogP) is 2.42. The lowest BCUT2D eigenvalue weighted by Crippen LogP contribution is -2.10. The van der Waals surface area contributed by atoms with E-state index in [0.29, 0.717) is 18.7 Å². The molecule has 0 amide bonds. The third-order valence-electron chi connectivity index (χ3n) is 2.87. The summed E-state index contributed by atoms with van der Waals surface area (Å²) in [4.78, 5) is 12.8. The van der Waals surface area contributed by atoms with Crippen LogP contribution in [-0.2, 0) is 17.7 Å². The molecule has 0 N–H and O–H groups in total. The van der Waals surface area contributed by atoms with E-state index in [4.69, 9.17) is 4.74 Å². The minimum Gasteiger partial charge on any atom is -0.464 e. The van der Waals surface area contributed by atoms with E-state index >= 15 is 0 Å². The molecule has 0 spiro atoms. The number of carbonyl (C=O) groups excluding carboxylic acids is 1. The summed E-state index contributed by atoms with van der Waals surface area (Å²) in [6, 6.07) is 10.2. The van der Waals surface area contributed by atoms with E-state index in [1.807, 2.05) is 25.1 Å². The zero-order valence-corrected chi connectivity index (χ0v) is 12.4. The highest BCUT2D eigenvalue weighted by Crippen LogP contribution is 2.17. The van der Waals surface area contributed by atoms with Gasteiger partial charge in [-0.2, -0.15) is 0 Å². The SMILES string of the molecule is CCc1c(C(=O)OC)nnn1CCSc1ccccc1. The number of methoxy groups -OCH3 is 1. The van der Waals surface area contributed by atoms with Crippen molar-refractivity contribution in [1.82, 2.24) is 15.0 Å². The zero-order chi connectivity index (χ0) is 14.4. The maximum atomic E-state index is 11.6. The van der Waals surface area contributed by atoms with Crippen LogP contribution < -0.4 is 0 Å². The molecule has 106 valence electrons. The zero-order valence-electron chi connectivity index (χ0n) is 11.6. The second kappa shape index (κ2) is 7.09. The van der Waals surface area contributed by atoms with Crippen LogP contribution in [0.15, 0.2) is 35.2 Å². The van der Waals surface area contributed by atoms with Gasteiger partial charge in [0.05, 0.1) is 19.3 Å². The lowest BCUT2D eigenvalue weighted by Gasteiger charge is -2.05. The highest BCUT2D eigenvalue weighted by Gasteiger charge is 2.18. The fourth-order valence-corrected chi connectivity index (χ4v) is 2.73. The summed E-state index contributed by atoms with van der Waals surface area (Å²) in [6.07, 6.45) is 0.702. The molecule has 6 heteroatoms. The second-order valence-corrected chi connectivity index (χ2v) is 5.28. The summed E-state index contributed by atoms with van der Waals surface area (Å²) in [7, 11) is 1.35. The molecule has 1 aromatic carbocycles.